The minimum atomic E-state index is -0.169. The Hall–Kier alpha value is -2.33. The van der Waals surface area contributed by atoms with E-state index in [4.69, 9.17) is 9.47 Å². The first-order chi connectivity index (χ1) is 17.4. The molecule has 0 aliphatic rings. The molecule has 0 saturated heterocycles. The van der Waals surface area contributed by atoms with Crippen molar-refractivity contribution in [1.82, 2.24) is 0 Å². The van der Waals surface area contributed by atoms with Gasteiger partial charge in [-0.1, -0.05) is 94.3 Å². The van der Waals surface area contributed by atoms with Gasteiger partial charge in [0.1, 0.15) is 25.0 Å². The van der Waals surface area contributed by atoms with Crippen molar-refractivity contribution in [2.24, 2.45) is 0 Å². The number of benzene rings is 2. The van der Waals surface area contributed by atoms with E-state index in [-0.39, 0.29) is 18.7 Å². The molecule has 0 aliphatic carbocycles. The molecular formula is C32H50NO3+. The number of aryl methyl sites for hydroxylation is 1. The van der Waals surface area contributed by atoms with E-state index in [2.05, 4.69) is 63.5 Å². The Labute approximate surface area is 220 Å². The van der Waals surface area contributed by atoms with Crippen LogP contribution >= 0.6 is 0 Å². The zero-order valence-corrected chi connectivity index (χ0v) is 23.3. The molecular weight excluding hydrogens is 446 g/mol. The summed E-state index contributed by atoms with van der Waals surface area (Å²) in [5, 5.41) is 0. The molecule has 36 heavy (non-hydrogen) atoms. The van der Waals surface area contributed by atoms with Crippen molar-refractivity contribution in [2.45, 2.75) is 97.1 Å². The number of nitrogens with zero attached hydrogens (tertiary/aromatic N) is 1. The van der Waals surface area contributed by atoms with Gasteiger partial charge in [0, 0.05) is 12.0 Å². The fourth-order valence-corrected chi connectivity index (χ4v) is 4.59. The third-order valence-corrected chi connectivity index (χ3v) is 6.63. The van der Waals surface area contributed by atoms with E-state index in [1.807, 2.05) is 19.1 Å². The maximum absolute atomic E-state index is 12.3. The SMILES string of the molecule is CCCCCCCCCCc1cccc(OC(C)COC(=O)CCC[N+](C)(C)Cc2ccccc2)c1. The fraction of sp³-hybridized carbons (Fsp3) is 0.594. The van der Waals surface area contributed by atoms with Gasteiger partial charge in [-0.2, -0.15) is 0 Å². The number of esters is 1. The van der Waals surface area contributed by atoms with Gasteiger partial charge in [0.25, 0.3) is 0 Å². The zero-order chi connectivity index (χ0) is 26.1. The molecule has 2 aromatic carbocycles. The molecule has 200 valence electrons. The highest BCUT2D eigenvalue weighted by molar-refractivity contribution is 5.69. The number of carbonyl (C=O) groups excluding carboxylic acids is 1. The lowest BCUT2D eigenvalue weighted by Crippen LogP contribution is -2.39. The largest absolute Gasteiger partial charge is 0.487 e. The third kappa shape index (κ3) is 13.7. The second-order valence-electron chi connectivity index (χ2n) is 10.9. The molecule has 2 aromatic rings. The number of hydrogen-bond donors (Lipinski definition) is 0. The number of ether oxygens (including phenoxy) is 2. The fourth-order valence-electron chi connectivity index (χ4n) is 4.59. The lowest BCUT2D eigenvalue weighted by atomic mass is 10.0. The summed E-state index contributed by atoms with van der Waals surface area (Å²) in [5.74, 6) is 0.712. The molecule has 0 aromatic heterocycles. The van der Waals surface area contributed by atoms with E-state index in [0.29, 0.717) is 6.42 Å². The molecule has 1 unspecified atom stereocenters. The van der Waals surface area contributed by atoms with Gasteiger partial charge in [0.15, 0.2) is 0 Å². The van der Waals surface area contributed by atoms with Crippen LogP contribution < -0.4 is 4.74 Å². The second kappa shape index (κ2) is 17.2. The van der Waals surface area contributed by atoms with Gasteiger partial charge < -0.3 is 14.0 Å². The van der Waals surface area contributed by atoms with Crippen LogP contribution in [0.2, 0.25) is 0 Å². The Bertz CT molecular complexity index is 849. The number of hydrogen-bond acceptors (Lipinski definition) is 3. The molecule has 0 aliphatic heterocycles. The van der Waals surface area contributed by atoms with E-state index >= 15 is 0 Å². The van der Waals surface area contributed by atoms with Crippen molar-refractivity contribution >= 4 is 5.97 Å². The van der Waals surface area contributed by atoms with Crippen LogP contribution in [0.3, 0.4) is 0 Å². The lowest BCUT2D eigenvalue weighted by Gasteiger charge is -2.29. The number of quaternary nitrogens is 1. The molecule has 4 nitrogen and oxygen atoms in total. The van der Waals surface area contributed by atoms with Gasteiger partial charge >= 0.3 is 5.97 Å². The molecule has 0 amide bonds. The van der Waals surface area contributed by atoms with Crippen LogP contribution in [-0.2, 0) is 22.5 Å². The van der Waals surface area contributed by atoms with Crippen molar-refractivity contribution in [3.05, 3.63) is 65.7 Å². The van der Waals surface area contributed by atoms with E-state index < -0.39 is 0 Å². The summed E-state index contributed by atoms with van der Waals surface area (Å²) in [6.45, 7) is 6.39. The van der Waals surface area contributed by atoms with Gasteiger partial charge in [0.2, 0.25) is 0 Å². The van der Waals surface area contributed by atoms with Gasteiger partial charge in [-0.05, 0) is 37.5 Å². The number of carbonyl (C=O) groups is 1. The van der Waals surface area contributed by atoms with Gasteiger partial charge in [0.05, 0.1) is 27.1 Å². The van der Waals surface area contributed by atoms with Crippen LogP contribution in [0.4, 0.5) is 0 Å². The van der Waals surface area contributed by atoms with E-state index in [9.17, 15) is 4.79 Å². The number of rotatable bonds is 19. The molecule has 2 rings (SSSR count). The first-order valence-corrected chi connectivity index (χ1v) is 14.1. The first-order valence-electron chi connectivity index (χ1n) is 14.1. The maximum atomic E-state index is 12.3. The van der Waals surface area contributed by atoms with Crippen molar-refractivity contribution < 1.29 is 18.8 Å². The maximum Gasteiger partial charge on any atom is 0.306 e. The summed E-state index contributed by atoms with van der Waals surface area (Å²) in [7, 11) is 4.41. The summed E-state index contributed by atoms with van der Waals surface area (Å²) in [5.41, 5.74) is 2.64. The lowest BCUT2D eigenvalue weighted by molar-refractivity contribution is -0.903. The molecule has 4 heteroatoms. The highest BCUT2D eigenvalue weighted by atomic mass is 16.6. The summed E-state index contributed by atoms with van der Waals surface area (Å²) in [6.07, 6.45) is 12.9. The Balaban J connectivity index is 1.60. The van der Waals surface area contributed by atoms with Gasteiger partial charge in [-0.25, -0.2) is 0 Å². The van der Waals surface area contributed by atoms with Crippen molar-refractivity contribution in [1.29, 1.82) is 0 Å². The molecule has 0 saturated carbocycles. The highest BCUT2D eigenvalue weighted by Gasteiger charge is 2.17. The Morgan fingerprint density at radius 1 is 0.833 bits per heavy atom. The van der Waals surface area contributed by atoms with Crippen molar-refractivity contribution in [3.8, 4) is 5.75 Å². The van der Waals surface area contributed by atoms with Crippen LogP contribution in [-0.4, -0.2) is 43.8 Å². The Morgan fingerprint density at radius 2 is 1.50 bits per heavy atom. The molecule has 0 heterocycles. The normalized spacial score (nSPS) is 12.3. The Morgan fingerprint density at radius 3 is 2.22 bits per heavy atom. The molecule has 0 fully saturated rings. The van der Waals surface area contributed by atoms with Crippen molar-refractivity contribution in [3.63, 3.8) is 0 Å². The van der Waals surface area contributed by atoms with Crippen LogP contribution in [0, 0.1) is 0 Å². The monoisotopic (exact) mass is 496 g/mol. The Kier molecular flexibility index (Phi) is 14.3. The predicted molar refractivity (Wildman–Crippen MR) is 150 cm³/mol. The van der Waals surface area contributed by atoms with E-state index in [1.165, 1.54) is 62.5 Å². The van der Waals surface area contributed by atoms with Crippen LogP contribution in [0.15, 0.2) is 54.6 Å². The second-order valence-corrected chi connectivity index (χ2v) is 10.9. The molecule has 0 spiro atoms. The third-order valence-electron chi connectivity index (χ3n) is 6.63. The molecule has 0 bridgehead atoms. The van der Waals surface area contributed by atoms with Crippen LogP contribution in [0.1, 0.15) is 89.2 Å². The average molecular weight is 497 g/mol. The standard InChI is InChI=1S/C32H50NO3/c1-5-6-7-8-9-10-11-13-18-29-21-16-22-31(25-29)36-28(2)27-35-32(34)23-17-24-33(3,4)26-30-19-14-12-15-20-30/h12,14-16,19-22,25,28H,5-11,13,17-18,23-24,26-27H2,1-4H3/q+1. The smallest absolute Gasteiger partial charge is 0.306 e. The summed E-state index contributed by atoms with van der Waals surface area (Å²) in [6, 6.07) is 18.9. The predicted octanol–water partition coefficient (Wildman–Crippen LogP) is 7.74. The summed E-state index contributed by atoms with van der Waals surface area (Å²) < 4.78 is 12.4. The van der Waals surface area contributed by atoms with Gasteiger partial charge in [-0.3, -0.25) is 4.79 Å². The first kappa shape index (κ1) is 29.9. The minimum Gasteiger partial charge on any atom is -0.487 e. The zero-order valence-electron chi connectivity index (χ0n) is 23.3. The summed E-state index contributed by atoms with van der Waals surface area (Å²) >= 11 is 0. The topological polar surface area (TPSA) is 35.5 Å². The van der Waals surface area contributed by atoms with Crippen LogP contribution in [0.5, 0.6) is 5.75 Å². The highest BCUT2D eigenvalue weighted by Crippen LogP contribution is 2.18. The molecule has 0 N–H and O–H groups in total. The van der Waals surface area contributed by atoms with Crippen molar-refractivity contribution in [2.75, 3.05) is 27.2 Å². The van der Waals surface area contributed by atoms with E-state index in [0.717, 1.165) is 36.2 Å². The molecule has 0 radical (unpaired) electrons. The molecule has 1 atom stereocenters. The van der Waals surface area contributed by atoms with Crippen LogP contribution in [0.25, 0.3) is 0 Å². The summed E-state index contributed by atoms with van der Waals surface area (Å²) in [4.78, 5) is 12.3. The number of unbranched alkanes of at least 4 members (excludes halogenated alkanes) is 7. The minimum absolute atomic E-state index is 0.145. The van der Waals surface area contributed by atoms with E-state index in [1.54, 1.807) is 0 Å². The average Bonchev–Trinajstić information content (AvgIpc) is 2.85. The quantitative estimate of drug-likeness (QED) is 0.113. The van der Waals surface area contributed by atoms with Gasteiger partial charge in [-0.15, -0.1) is 0 Å².